The van der Waals surface area contributed by atoms with Crippen LogP contribution >= 0.6 is 0 Å². The first-order chi connectivity index (χ1) is 12.1. The summed E-state index contributed by atoms with van der Waals surface area (Å²) in [5, 5.41) is 2.97. The molecule has 1 fully saturated rings. The number of para-hydroxylation sites is 1. The standard InChI is InChI=1S/C20H27N3O2/c1-16-15-19(20(24)21-18-7-4-3-5-8-18)17(2)23(16)10-6-9-22-11-13-25-14-12-22/h3-5,7-8,15H,6,9-14H2,1-2H3,(H,21,24). The van der Waals surface area contributed by atoms with Crippen LogP contribution in [0.1, 0.15) is 28.2 Å². The second-order valence-electron chi connectivity index (χ2n) is 6.56. The molecule has 134 valence electrons. The van der Waals surface area contributed by atoms with E-state index in [-0.39, 0.29) is 5.91 Å². The summed E-state index contributed by atoms with van der Waals surface area (Å²) in [5.41, 5.74) is 3.75. The third-order valence-electron chi connectivity index (χ3n) is 4.81. The van der Waals surface area contributed by atoms with Gasteiger partial charge in [-0.15, -0.1) is 0 Å². The van der Waals surface area contributed by atoms with Crippen molar-refractivity contribution in [3.63, 3.8) is 0 Å². The fraction of sp³-hybridized carbons (Fsp3) is 0.450. The van der Waals surface area contributed by atoms with E-state index in [2.05, 4.69) is 21.7 Å². The molecule has 1 aromatic heterocycles. The molecule has 0 saturated carbocycles. The molecular formula is C20H27N3O2. The lowest BCUT2D eigenvalue weighted by Crippen LogP contribution is -2.37. The van der Waals surface area contributed by atoms with Gasteiger partial charge in [0, 0.05) is 43.3 Å². The Bertz CT molecular complexity index is 703. The van der Waals surface area contributed by atoms with Gasteiger partial charge >= 0.3 is 0 Å². The lowest BCUT2D eigenvalue weighted by atomic mass is 10.2. The Labute approximate surface area is 149 Å². The second kappa shape index (κ2) is 8.32. The van der Waals surface area contributed by atoms with Crippen molar-refractivity contribution in [3.05, 3.63) is 53.3 Å². The van der Waals surface area contributed by atoms with Crippen LogP contribution in [0.3, 0.4) is 0 Å². The quantitative estimate of drug-likeness (QED) is 0.878. The lowest BCUT2D eigenvalue weighted by Gasteiger charge is -2.26. The van der Waals surface area contributed by atoms with Gasteiger partial charge in [0.05, 0.1) is 18.8 Å². The van der Waals surface area contributed by atoms with Crippen LogP contribution in [-0.2, 0) is 11.3 Å². The molecule has 0 spiro atoms. The minimum Gasteiger partial charge on any atom is -0.379 e. The van der Waals surface area contributed by atoms with Crippen molar-refractivity contribution in [1.82, 2.24) is 9.47 Å². The normalized spacial score (nSPS) is 15.3. The Morgan fingerprint density at radius 2 is 1.84 bits per heavy atom. The summed E-state index contributed by atoms with van der Waals surface area (Å²) >= 11 is 0. The van der Waals surface area contributed by atoms with Crippen LogP contribution in [0, 0.1) is 13.8 Å². The number of aromatic nitrogens is 1. The molecule has 0 bridgehead atoms. The van der Waals surface area contributed by atoms with Gasteiger partial charge in [0.2, 0.25) is 0 Å². The Balaban J connectivity index is 1.60. The molecule has 0 aliphatic carbocycles. The van der Waals surface area contributed by atoms with E-state index in [1.165, 1.54) is 0 Å². The van der Waals surface area contributed by atoms with Crippen molar-refractivity contribution in [2.24, 2.45) is 0 Å². The zero-order valence-electron chi connectivity index (χ0n) is 15.1. The van der Waals surface area contributed by atoms with Crippen LogP contribution in [-0.4, -0.2) is 48.2 Å². The summed E-state index contributed by atoms with van der Waals surface area (Å²) in [6.07, 6.45) is 1.08. The van der Waals surface area contributed by atoms with E-state index in [1.54, 1.807) is 0 Å². The van der Waals surface area contributed by atoms with Gasteiger partial charge in [-0.2, -0.15) is 0 Å². The SMILES string of the molecule is Cc1cc(C(=O)Nc2ccccc2)c(C)n1CCCN1CCOCC1. The molecule has 2 aromatic rings. The van der Waals surface area contributed by atoms with Gasteiger partial charge in [-0.25, -0.2) is 0 Å². The molecule has 0 atom stereocenters. The zero-order chi connectivity index (χ0) is 17.6. The van der Waals surface area contributed by atoms with E-state index >= 15 is 0 Å². The summed E-state index contributed by atoms with van der Waals surface area (Å²) in [7, 11) is 0. The van der Waals surface area contributed by atoms with E-state index in [4.69, 9.17) is 4.74 Å². The minimum atomic E-state index is -0.0428. The molecule has 0 radical (unpaired) electrons. The molecule has 1 aromatic carbocycles. The fourth-order valence-corrected chi connectivity index (χ4v) is 3.37. The third-order valence-corrected chi connectivity index (χ3v) is 4.81. The Morgan fingerprint density at radius 3 is 2.56 bits per heavy atom. The first kappa shape index (κ1) is 17.7. The number of benzene rings is 1. The predicted octanol–water partition coefficient (Wildman–Crippen LogP) is 3.08. The number of hydrogen-bond donors (Lipinski definition) is 1. The van der Waals surface area contributed by atoms with Crippen LogP contribution < -0.4 is 5.32 Å². The first-order valence-electron chi connectivity index (χ1n) is 8.98. The number of rotatable bonds is 6. The highest BCUT2D eigenvalue weighted by atomic mass is 16.5. The van der Waals surface area contributed by atoms with E-state index in [1.807, 2.05) is 43.3 Å². The van der Waals surface area contributed by atoms with Gasteiger partial charge in [0.15, 0.2) is 0 Å². The van der Waals surface area contributed by atoms with Crippen LogP contribution in [0.15, 0.2) is 36.4 Å². The molecule has 25 heavy (non-hydrogen) atoms. The molecule has 2 heterocycles. The largest absolute Gasteiger partial charge is 0.379 e. The van der Waals surface area contributed by atoms with E-state index < -0.39 is 0 Å². The van der Waals surface area contributed by atoms with Gasteiger partial charge in [0.1, 0.15) is 0 Å². The maximum absolute atomic E-state index is 12.6. The van der Waals surface area contributed by atoms with Crippen LogP contribution in [0.4, 0.5) is 5.69 Å². The van der Waals surface area contributed by atoms with Crippen molar-refractivity contribution in [2.45, 2.75) is 26.8 Å². The number of nitrogens with one attached hydrogen (secondary N) is 1. The number of ether oxygens (including phenoxy) is 1. The molecule has 5 heteroatoms. The van der Waals surface area contributed by atoms with Crippen LogP contribution in [0.25, 0.3) is 0 Å². The number of nitrogens with zero attached hydrogens (tertiary/aromatic N) is 2. The van der Waals surface area contributed by atoms with Crippen molar-refractivity contribution >= 4 is 11.6 Å². The summed E-state index contributed by atoms with van der Waals surface area (Å²) in [6.45, 7) is 9.84. The second-order valence-corrected chi connectivity index (χ2v) is 6.56. The number of carbonyl (C=O) groups is 1. The molecule has 1 aliphatic heterocycles. The summed E-state index contributed by atoms with van der Waals surface area (Å²) in [5.74, 6) is -0.0428. The van der Waals surface area contributed by atoms with E-state index in [0.717, 1.165) is 68.5 Å². The van der Waals surface area contributed by atoms with Crippen LogP contribution in [0.2, 0.25) is 0 Å². The topological polar surface area (TPSA) is 46.5 Å². The van der Waals surface area contributed by atoms with Crippen molar-refractivity contribution in [1.29, 1.82) is 0 Å². The number of amides is 1. The predicted molar refractivity (Wildman–Crippen MR) is 100 cm³/mol. The highest BCUT2D eigenvalue weighted by Crippen LogP contribution is 2.18. The van der Waals surface area contributed by atoms with Gasteiger partial charge in [-0.1, -0.05) is 18.2 Å². The average Bonchev–Trinajstić information content (AvgIpc) is 2.92. The molecular weight excluding hydrogens is 314 g/mol. The molecule has 0 unspecified atom stereocenters. The molecule has 1 aliphatic rings. The van der Waals surface area contributed by atoms with Crippen molar-refractivity contribution in [3.8, 4) is 0 Å². The fourth-order valence-electron chi connectivity index (χ4n) is 3.37. The summed E-state index contributed by atoms with van der Waals surface area (Å²) in [6, 6.07) is 11.6. The number of aryl methyl sites for hydroxylation is 1. The highest BCUT2D eigenvalue weighted by molar-refractivity contribution is 6.05. The monoisotopic (exact) mass is 341 g/mol. The number of carbonyl (C=O) groups excluding carboxylic acids is 1. The summed E-state index contributed by atoms with van der Waals surface area (Å²) in [4.78, 5) is 15.0. The van der Waals surface area contributed by atoms with Gasteiger partial charge in [0.25, 0.3) is 5.91 Å². The first-order valence-corrected chi connectivity index (χ1v) is 8.98. The Morgan fingerprint density at radius 1 is 1.12 bits per heavy atom. The average molecular weight is 341 g/mol. The molecule has 1 amide bonds. The third kappa shape index (κ3) is 4.50. The maximum Gasteiger partial charge on any atom is 0.257 e. The van der Waals surface area contributed by atoms with Gasteiger partial charge in [-0.3, -0.25) is 9.69 Å². The zero-order valence-corrected chi connectivity index (χ0v) is 15.1. The number of morpholine rings is 1. The minimum absolute atomic E-state index is 0.0428. The van der Waals surface area contributed by atoms with Crippen LogP contribution in [0.5, 0.6) is 0 Å². The number of hydrogen-bond acceptors (Lipinski definition) is 3. The molecule has 1 saturated heterocycles. The summed E-state index contributed by atoms with van der Waals surface area (Å²) < 4.78 is 7.64. The van der Waals surface area contributed by atoms with Gasteiger partial charge in [-0.05, 0) is 38.5 Å². The Kier molecular flexibility index (Phi) is 5.89. The number of anilines is 1. The maximum atomic E-state index is 12.6. The Hall–Kier alpha value is -2.11. The highest BCUT2D eigenvalue weighted by Gasteiger charge is 2.16. The van der Waals surface area contributed by atoms with E-state index in [9.17, 15) is 4.79 Å². The smallest absolute Gasteiger partial charge is 0.257 e. The molecule has 3 rings (SSSR count). The van der Waals surface area contributed by atoms with Crippen molar-refractivity contribution in [2.75, 3.05) is 38.2 Å². The van der Waals surface area contributed by atoms with Gasteiger partial charge < -0.3 is 14.6 Å². The lowest BCUT2D eigenvalue weighted by molar-refractivity contribution is 0.0369. The van der Waals surface area contributed by atoms with E-state index in [0.29, 0.717) is 0 Å². The van der Waals surface area contributed by atoms with Crippen molar-refractivity contribution < 1.29 is 9.53 Å². The molecule has 1 N–H and O–H groups in total. The molecule has 5 nitrogen and oxygen atoms in total.